The summed E-state index contributed by atoms with van der Waals surface area (Å²) in [6, 6.07) is 11.5. The summed E-state index contributed by atoms with van der Waals surface area (Å²) >= 11 is 6.44. The molecule has 1 fully saturated rings. The van der Waals surface area contributed by atoms with Crippen molar-refractivity contribution in [2.24, 2.45) is 11.8 Å². The molecule has 2 aromatic rings. The maximum absolute atomic E-state index is 13.2. The fourth-order valence-corrected chi connectivity index (χ4v) is 9.61. The van der Waals surface area contributed by atoms with Gasteiger partial charge in [-0.2, -0.15) is 13.1 Å². The predicted octanol–water partition coefficient (Wildman–Crippen LogP) is 6.75. The Morgan fingerprint density at radius 1 is 1.13 bits per heavy atom. The molecule has 2 aliphatic carbocycles. The monoisotopic (exact) mass is 685 g/mol. The van der Waals surface area contributed by atoms with Crippen molar-refractivity contribution in [1.29, 1.82) is 0 Å². The van der Waals surface area contributed by atoms with Crippen LogP contribution < -0.4 is 19.1 Å². The van der Waals surface area contributed by atoms with Crippen molar-refractivity contribution >= 4 is 41.7 Å². The number of hydrogen-bond acceptors (Lipinski definition) is 6. The lowest BCUT2D eigenvalue weighted by molar-refractivity contribution is 0.0524. The minimum Gasteiger partial charge on any atom is -0.490 e. The summed E-state index contributed by atoms with van der Waals surface area (Å²) in [6.45, 7) is 13.6. The standard InChI is InChI=1S/C35H48ClN3O5SSi/c1-34(2,3)46(4,5)44-31-10-6-7-18-37-45(41,42)38-33(40)25-12-16-32-30(20-25)39(21-26-11-14-28(26)31)22-35(23-43-32)17-8-9-24-19-27(36)13-15-29(24)35/h6,10,12-13,15-16,19-20,26,28,31,37H,7-9,11,14,17-18,21-23H2,1-5H3,(H,38,40)/b10-6+/t26-,28+,31-,35-/m0/s1. The molecule has 1 amide bonds. The molecule has 0 radical (unpaired) electrons. The molecule has 0 saturated heterocycles. The van der Waals surface area contributed by atoms with Crippen LogP contribution in [0, 0.1) is 11.8 Å². The van der Waals surface area contributed by atoms with Crippen molar-refractivity contribution in [1.82, 2.24) is 9.44 Å². The van der Waals surface area contributed by atoms with Crippen LogP contribution in [0.2, 0.25) is 23.2 Å². The summed E-state index contributed by atoms with van der Waals surface area (Å²) in [5, 5.41) is 0.807. The molecule has 2 heterocycles. The van der Waals surface area contributed by atoms with E-state index in [0.717, 1.165) is 55.9 Å². The fourth-order valence-electron chi connectivity index (χ4n) is 7.30. The van der Waals surface area contributed by atoms with Crippen LogP contribution in [0.15, 0.2) is 48.6 Å². The topological polar surface area (TPSA) is 97.0 Å². The number of halogens is 1. The third-order valence-corrected chi connectivity index (χ3v) is 16.8. The molecule has 0 unspecified atom stereocenters. The van der Waals surface area contributed by atoms with Crippen LogP contribution in [0.1, 0.15) is 74.4 Å². The minimum absolute atomic E-state index is 0.0515. The van der Waals surface area contributed by atoms with Crippen LogP contribution in [0.4, 0.5) is 5.69 Å². The van der Waals surface area contributed by atoms with Crippen LogP contribution in [0.3, 0.4) is 0 Å². The average Bonchev–Trinajstić information content (AvgIpc) is 3.10. The number of aryl methyl sites for hydroxylation is 1. The van der Waals surface area contributed by atoms with Gasteiger partial charge in [-0.15, -0.1) is 0 Å². The zero-order chi connectivity index (χ0) is 32.9. The fraction of sp³-hybridized carbons (Fsp3) is 0.571. The van der Waals surface area contributed by atoms with Crippen LogP contribution in [-0.2, 0) is 26.5 Å². The van der Waals surface area contributed by atoms with Crippen molar-refractivity contribution in [3.63, 3.8) is 0 Å². The largest absolute Gasteiger partial charge is 0.490 e. The predicted molar refractivity (Wildman–Crippen MR) is 187 cm³/mol. The van der Waals surface area contributed by atoms with Crippen molar-refractivity contribution in [2.75, 3.05) is 31.1 Å². The van der Waals surface area contributed by atoms with Gasteiger partial charge in [0.15, 0.2) is 8.32 Å². The maximum Gasteiger partial charge on any atom is 0.301 e. The Kier molecular flexibility index (Phi) is 9.17. The molecule has 250 valence electrons. The summed E-state index contributed by atoms with van der Waals surface area (Å²) in [5.74, 6) is 0.766. The molecule has 11 heteroatoms. The first-order valence-corrected chi connectivity index (χ1v) is 21.4. The first kappa shape index (κ1) is 33.5. The summed E-state index contributed by atoms with van der Waals surface area (Å²) in [7, 11) is -6.14. The van der Waals surface area contributed by atoms with E-state index >= 15 is 0 Å². The highest BCUT2D eigenvalue weighted by atomic mass is 35.5. The van der Waals surface area contributed by atoms with E-state index in [2.05, 4.69) is 66.4 Å². The molecule has 1 spiro atoms. The van der Waals surface area contributed by atoms with Gasteiger partial charge in [-0.25, -0.2) is 4.72 Å². The molecular weight excluding hydrogens is 638 g/mol. The summed E-state index contributed by atoms with van der Waals surface area (Å²) in [6.07, 6.45) is 9.83. The number of anilines is 1. The van der Waals surface area contributed by atoms with Crippen molar-refractivity contribution in [3.05, 3.63) is 70.3 Å². The van der Waals surface area contributed by atoms with Gasteiger partial charge in [0, 0.05) is 35.6 Å². The van der Waals surface area contributed by atoms with Crippen molar-refractivity contribution in [3.8, 4) is 5.75 Å². The lowest BCUT2D eigenvalue weighted by Crippen LogP contribution is -2.52. The molecule has 46 heavy (non-hydrogen) atoms. The lowest BCUT2D eigenvalue weighted by Gasteiger charge is -2.48. The zero-order valence-corrected chi connectivity index (χ0v) is 30.3. The third-order valence-electron chi connectivity index (χ3n) is 11.0. The molecular formula is C35H48ClN3O5SSi. The highest BCUT2D eigenvalue weighted by molar-refractivity contribution is 7.88. The van der Waals surface area contributed by atoms with Gasteiger partial charge in [0.25, 0.3) is 5.91 Å². The number of nitrogens with zero attached hydrogens (tertiary/aromatic N) is 1. The summed E-state index contributed by atoms with van der Waals surface area (Å²) < 4.78 is 44.0. The number of ether oxygens (including phenoxy) is 1. The molecule has 4 aliphatic rings. The molecule has 2 N–H and O–H groups in total. The van der Waals surface area contributed by atoms with E-state index in [-0.39, 0.29) is 28.7 Å². The molecule has 8 nitrogen and oxygen atoms in total. The van der Waals surface area contributed by atoms with E-state index in [1.165, 1.54) is 11.1 Å². The number of nitrogens with one attached hydrogen (secondary N) is 2. The second-order valence-corrected chi connectivity index (χ2v) is 21.9. The lowest BCUT2D eigenvalue weighted by atomic mass is 9.68. The van der Waals surface area contributed by atoms with Crippen LogP contribution in [-0.4, -0.2) is 55.0 Å². The molecule has 2 bridgehead atoms. The first-order valence-electron chi connectivity index (χ1n) is 16.6. The Labute approximate surface area is 280 Å². The van der Waals surface area contributed by atoms with Crippen molar-refractivity contribution < 1.29 is 22.4 Å². The van der Waals surface area contributed by atoms with E-state index in [9.17, 15) is 13.2 Å². The maximum atomic E-state index is 13.2. The molecule has 2 aromatic carbocycles. The van der Waals surface area contributed by atoms with Crippen LogP contribution in [0.25, 0.3) is 0 Å². The van der Waals surface area contributed by atoms with E-state index in [1.807, 2.05) is 18.2 Å². The molecule has 6 rings (SSSR count). The Morgan fingerprint density at radius 3 is 2.67 bits per heavy atom. The van der Waals surface area contributed by atoms with Gasteiger partial charge in [-0.05, 0) is 110 Å². The SMILES string of the molecule is CC(C)(C)[Si](C)(C)O[C@H]1/C=C/CCNS(=O)(=O)NC(=O)c2ccc3c(c2)N(C[C@@H]2CC[C@H]21)C[C@@]1(CCCc2cc(Cl)ccc21)CO3. The Morgan fingerprint density at radius 2 is 1.93 bits per heavy atom. The van der Waals surface area contributed by atoms with Gasteiger partial charge in [-0.3, -0.25) is 4.79 Å². The van der Waals surface area contributed by atoms with Gasteiger partial charge in [-0.1, -0.05) is 50.6 Å². The summed E-state index contributed by atoms with van der Waals surface area (Å²) in [5.41, 5.74) is 3.41. The number of carbonyl (C=O) groups is 1. The second-order valence-electron chi connectivity index (χ2n) is 15.2. The molecule has 4 atom stereocenters. The van der Waals surface area contributed by atoms with Gasteiger partial charge in [0.05, 0.1) is 18.4 Å². The highest BCUT2D eigenvalue weighted by Gasteiger charge is 2.46. The number of amides is 1. The average molecular weight is 686 g/mol. The zero-order valence-electron chi connectivity index (χ0n) is 27.7. The second kappa shape index (κ2) is 12.6. The summed E-state index contributed by atoms with van der Waals surface area (Å²) in [4.78, 5) is 15.7. The molecule has 0 aromatic heterocycles. The quantitative estimate of drug-likeness (QED) is 0.268. The van der Waals surface area contributed by atoms with E-state index in [4.69, 9.17) is 20.8 Å². The van der Waals surface area contributed by atoms with Gasteiger partial charge < -0.3 is 14.1 Å². The Balaban J connectivity index is 1.41. The number of fused-ring (bicyclic) bond motifs is 4. The smallest absolute Gasteiger partial charge is 0.301 e. The third kappa shape index (κ3) is 6.79. The Bertz CT molecular complexity index is 1620. The normalized spacial score (nSPS) is 29.0. The Hall–Kier alpha value is -2.37. The van der Waals surface area contributed by atoms with Crippen molar-refractivity contribution in [2.45, 2.75) is 88.9 Å². The molecule has 2 aliphatic heterocycles. The number of rotatable bonds is 2. The highest BCUT2D eigenvalue weighted by Crippen LogP contribution is 2.48. The van der Waals surface area contributed by atoms with Crippen LogP contribution in [0.5, 0.6) is 5.75 Å². The van der Waals surface area contributed by atoms with E-state index in [1.54, 1.807) is 12.1 Å². The minimum atomic E-state index is -4.04. The van der Waals surface area contributed by atoms with E-state index < -0.39 is 24.4 Å². The van der Waals surface area contributed by atoms with E-state index in [0.29, 0.717) is 30.6 Å². The number of benzene rings is 2. The first-order chi connectivity index (χ1) is 21.7. The van der Waals surface area contributed by atoms with Crippen LogP contribution >= 0.6 is 11.6 Å². The molecule has 1 saturated carbocycles. The van der Waals surface area contributed by atoms with Gasteiger partial charge in [0.1, 0.15) is 5.75 Å². The van der Waals surface area contributed by atoms with Gasteiger partial charge in [0.2, 0.25) is 0 Å². The number of hydrogen-bond donors (Lipinski definition) is 2. The van der Waals surface area contributed by atoms with Gasteiger partial charge >= 0.3 is 10.2 Å². The number of carbonyl (C=O) groups excluding carboxylic acids is 1.